The molecule has 4 nitrogen and oxygen atoms in total. The first-order chi connectivity index (χ1) is 6.63. The molecular weight excluding hydrogens is 189 g/mol. The van der Waals surface area contributed by atoms with E-state index in [9.17, 15) is 9.32 Å². The van der Waals surface area contributed by atoms with E-state index in [2.05, 4.69) is 4.94 Å². The lowest BCUT2D eigenvalue weighted by Crippen LogP contribution is -2.32. The molecule has 0 unspecified atom stereocenters. The average molecular weight is 199 g/mol. The van der Waals surface area contributed by atoms with Crippen LogP contribution in [-0.2, 0) is 11.2 Å². The number of hydrogen-bond acceptors (Lipinski definition) is 3. The molecular formula is C9H10FNO3. The summed E-state index contributed by atoms with van der Waals surface area (Å²) in [5, 5.41) is 8.53. The molecule has 0 aliphatic rings. The molecule has 0 saturated carbocycles. The Morgan fingerprint density at radius 3 is 2.50 bits per heavy atom. The fourth-order valence-electron chi connectivity index (χ4n) is 1.02. The van der Waals surface area contributed by atoms with Crippen LogP contribution in [0.2, 0.25) is 0 Å². The Labute approximate surface area is 80.0 Å². The molecule has 1 aromatic rings. The first-order valence-corrected chi connectivity index (χ1v) is 3.99. The Hall–Kier alpha value is -1.62. The molecule has 0 aliphatic heterocycles. The molecule has 1 aromatic carbocycles. The van der Waals surface area contributed by atoms with Crippen molar-refractivity contribution in [3.05, 3.63) is 29.8 Å². The second-order valence-corrected chi connectivity index (χ2v) is 2.87. The minimum Gasteiger partial charge on any atom is -0.480 e. The smallest absolute Gasteiger partial charge is 0.320 e. The van der Waals surface area contributed by atoms with Gasteiger partial charge in [0.25, 0.3) is 0 Å². The first kappa shape index (κ1) is 10.5. The summed E-state index contributed by atoms with van der Waals surface area (Å²) in [6.07, 6.45) is 0.210. The van der Waals surface area contributed by atoms with Crippen LogP contribution in [0, 0.1) is 0 Å². The van der Waals surface area contributed by atoms with Crippen LogP contribution in [0.3, 0.4) is 0 Å². The van der Waals surface area contributed by atoms with Gasteiger partial charge >= 0.3 is 5.97 Å². The van der Waals surface area contributed by atoms with E-state index in [4.69, 9.17) is 10.8 Å². The second-order valence-electron chi connectivity index (χ2n) is 2.87. The van der Waals surface area contributed by atoms with Gasteiger partial charge in [-0.1, -0.05) is 12.1 Å². The molecule has 1 atom stereocenters. The fraction of sp³-hybridized carbons (Fsp3) is 0.222. The number of halogens is 1. The quantitative estimate of drug-likeness (QED) is 0.755. The average Bonchev–Trinajstić information content (AvgIpc) is 2.19. The van der Waals surface area contributed by atoms with Gasteiger partial charge in [0.15, 0.2) is 5.75 Å². The van der Waals surface area contributed by atoms with Crippen molar-refractivity contribution < 1.29 is 19.4 Å². The van der Waals surface area contributed by atoms with Crippen molar-refractivity contribution in [2.75, 3.05) is 0 Å². The second kappa shape index (κ2) is 4.57. The summed E-state index contributed by atoms with van der Waals surface area (Å²) in [6.45, 7) is 0. The standard InChI is InChI=1S/C9H10FNO3/c10-14-7-3-1-6(2-4-7)5-8(11)9(12)13/h1-4,8H,5,11H2,(H,12,13)/t8-/m0/s1. The van der Waals surface area contributed by atoms with E-state index >= 15 is 0 Å². The van der Waals surface area contributed by atoms with E-state index in [1.807, 2.05) is 0 Å². The summed E-state index contributed by atoms with van der Waals surface area (Å²) in [5.74, 6) is -0.978. The minimum atomic E-state index is -1.06. The van der Waals surface area contributed by atoms with E-state index in [0.29, 0.717) is 0 Å². The highest BCUT2D eigenvalue weighted by molar-refractivity contribution is 5.73. The molecule has 1 rings (SSSR count). The highest BCUT2D eigenvalue weighted by atomic mass is 19.3. The SMILES string of the molecule is N[C@@H](Cc1ccc(OF)cc1)C(=O)O. The predicted octanol–water partition coefficient (Wildman–Crippen LogP) is 0.904. The first-order valence-electron chi connectivity index (χ1n) is 3.99. The van der Waals surface area contributed by atoms with E-state index in [-0.39, 0.29) is 12.2 Å². The molecule has 0 radical (unpaired) electrons. The Bertz CT molecular complexity index is 312. The van der Waals surface area contributed by atoms with Gasteiger partial charge in [-0.3, -0.25) is 9.74 Å². The van der Waals surface area contributed by atoms with Crippen molar-refractivity contribution in [3.63, 3.8) is 0 Å². The van der Waals surface area contributed by atoms with Crippen LogP contribution in [0.4, 0.5) is 4.53 Å². The number of rotatable bonds is 4. The van der Waals surface area contributed by atoms with E-state index in [0.717, 1.165) is 5.56 Å². The Balaban J connectivity index is 2.64. The van der Waals surface area contributed by atoms with Gasteiger partial charge in [-0.25, -0.2) is 0 Å². The van der Waals surface area contributed by atoms with Gasteiger partial charge < -0.3 is 10.8 Å². The van der Waals surface area contributed by atoms with Crippen LogP contribution in [0.25, 0.3) is 0 Å². The molecule has 0 heterocycles. The number of hydrogen-bond donors (Lipinski definition) is 2. The number of benzene rings is 1. The van der Waals surface area contributed by atoms with E-state index in [1.54, 1.807) is 12.1 Å². The number of nitrogens with two attached hydrogens (primary N) is 1. The number of carbonyl (C=O) groups is 1. The lowest BCUT2D eigenvalue weighted by molar-refractivity contribution is -0.138. The molecule has 76 valence electrons. The predicted molar refractivity (Wildman–Crippen MR) is 47.5 cm³/mol. The number of carboxylic acid groups (broad SMARTS) is 1. The third-order valence-corrected chi connectivity index (χ3v) is 1.79. The van der Waals surface area contributed by atoms with E-state index in [1.165, 1.54) is 12.1 Å². The van der Waals surface area contributed by atoms with E-state index < -0.39 is 12.0 Å². The molecule has 0 aromatic heterocycles. The molecule has 0 amide bonds. The van der Waals surface area contributed by atoms with Crippen LogP contribution >= 0.6 is 0 Å². The monoisotopic (exact) mass is 199 g/mol. The Morgan fingerprint density at radius 1 is 1.50 bits per heavy atom. The zero-order valence-corrected chi connectivity index (χ0v) is 7.31. The lowest BCUT2D eigenvalue weighted by Gasteiger charge is -2.05. The number of aliphatic carboxylic acids is 1. The van der Waals surface area contributed by atoms with Gasteiger partial charge in [0, 0.05) is 4.53 Å². The van der Waals surface area contributed by atoms with Crippen LogP contribution in [0.5, 0.6) is 5.75 Å². The molecule has 0 fully saturated rings. The normalized spacial score (nSPS) is 12.1. The van der Waals surface area contributed by atoms with Gasteiger partial charge in [-0.15, -0.1) is 0 Å². The van der Waals surface area contributed by atoms with Crippen molar-refractivity contribution in [3.8, 4) is 5.75 Å². The Morgan fingerprint density at radius 2 is 2.07 bits per heavy atom. The fourth-order valence-corrected chi connectivity index (χ4v) is 1.02. The molecule has 0 saturated heterocycles. The molecule has 0 spiro atoms. The third-order valence-electron chi connectivity index (χ3n) is 1.79. The summed E-state index contributed by atoms with van der Waals surface area (Å²) in [5.41, 5.74) is 6.04. The minimum absolute atomic E-state index is 0.0812. The molecule has 5 heteroatoms. The van der Waals surface area contributed by atoms with Crippen LogP contribution in [-0.4, -0.2) is 17.1 Å². The zero-order valence-electron chi connectivity index (χ0n) is 7.31. The summed E-state index contributed by atoms with van der Waals surface area (Å²) in [4.78, 5) is 13.9. The van der Waals surface area contributed by atoms with Crippen molar-refractivity contribution in [1.29, 1.82) is 0 Å². The maximum absolute atomic E-state index is 11.6. The van der Waals surface area contributed by atoms with Crippen molar-refractivity contribution in [1.82, 2.24) is 0 Å². The maximum atomic E-state index is 11.6. The molecule has 3 N–H and O–H groups in total. The van der Waals surface area contributed by atoms with Crippen molar-refractivity contribution in [2.24, 2.45) is 5.73 Å². The molecule has 0 aliphatic carbocycles. The largest absolute Gasteiger partial charge is 0.480 e. The third kappa shape index (κ3) is 2.70. The Kier molecular flexibility index (Phi) is 3.41. The van der Waals surface area contributed by atoms with Crippen LogP contribution in [0.1, 0.15) is 5.56 Å². The van der Waals surface area contributed by atoms with Crippen molar-refractivity contribution >= 4 is 5.97 Å². The van der Waals surface area contributed by atoms with Gasteiger partial charge in [0.05, 0.1) is 0 Å². The van der Waals surface area contributed by atoms with Crippen LogP contribution in [0.15, 0.2) is 24.3 Å². The van der Waals surface area contributed by atoms with Crippen molar-refractivity contribution in [2.45, 2.75) is 12.5 Å². The molecule has 0 bridgehead atoms. The maximum Gasteiger partial charge on any atom is 0.320 e. The summed E-state index contributed by atoms with van der Waals surface area (Å²) >= 11 is 0. The lowest BCUT2D eigenvalue weighted by atomic mass is 10.1. The zero-order chi connectivity index (χ0) is 10.6. The number of carboxylic acids is 1. The van der Waals surface area contributed by atoms with Crippen LogP contribution < -0.4 is 10.7 Å². The van der Waals surface area contributed by atoms with Gasteiger partial charge in [0.2, 0.25) is 0 Å². The highest BCUT2D eigenvalue weighted by Gasteiger charge is 2.11. The topological polar surface area (TPSA) is 72.5 Å². The molecule has 14 heavy (non-hydrogen) atoms. The summed E-state index contributed by atoms with van der Waals surface area (Å²) in [6, 6.07) is 5.01. The van der Waals surface area contributed by atoms with Gasteiger partial charge in [0.1, 0.15) is 6.04 Å². The summed E-state index contributed by atoms with van der Waals surface area (Å²) in [7, 11) is 0. The van der Waals surface area contributed by atoms with Gasteiger partial charge in [-0.2, -0.15) is 0 Å². The summed E-state index contributed by atoms with van der Waals surface area (Å²) < 4.78 is 11.6. The van der Waals surface area contributed by atoms with Gasteiger partial charge in [-0.05, 0) is 24.1 Å². The highest BCUT2D eigenvalue weighted by Crippen LogP contribution is 2.13.